The lowest BCUT2D eigenvalue weighted by Crippen LogP contribution is -2.21. The van der Waals surface area contributed by atoms with E-state index in [1.54, 1.807) is 6.07 Å². The summed E-state index contributed by atoms with van der Waals surface area (Å²) in [6, 6.07) is 13.7. The second kappa shape index (κ2) is 6.81. The average Bonchev–Trinajstić information content (AvgIpc) is 2.38. The van der Waals surface area contributed by atoms with Crippen molar-refractivity contribution in [1.82, 2.24) is 4.73 Å². The lowest BCUT2D eigenvalue weighted by atomic mass is 10.2. The molecule has 17 heavy (non-hydrogen) atoms. The summed E-state index contributed by atoms with van der Waals surface area (Å²) in [6.07, 6.45) is 1.32. The van der Waals surface area contributed by atoms with Crippen molar-refractivity contribution >= 4 is 12.6 Å². The van der Waals surface area contributed by atoms with E-state index in [9.17, 15) is 4.79 Å². The Balaban J connectivity index is 0.000000202. The fraction of sp³-hybridized carbons (Fsp3) is 0.154. The van der Waals surface area contributed by atoms with Gasteiger partial charge in [0.05, 0.1) is 0 Å². The first kappa shape index (κ1) is 13.4. The lowest BCUT2D eigenvalue weighted by molar-refractivity contribution is 0.174. The van der Waals surface area contributed by atoms with Crippen LogP contribution in [-0.4, -0.2) is 9.94 Å². The van der Waals surface area contributed by atoms with Crippen molar-refractivity contribution < 1.29 is 5.21 Å². The van der Waals surface area contributed by atoms with E-state index in [1.807, 2.05) is 43.3 Å². The molecule has 1 aromatic heterocycles. The summed E-state index contributed by atoms with van der Waals surface area (Å²) in [5.74, 6) is 0.353. The summed E-state index contributed by atoms with van der Waals surface area (Å²) in [4.78, 5) is 11.1. The molecule has 90 valence electrons. The molecule has 0 spiro atoms. The van der Waals surface area contributed by atoms with Gasteiger partial charge in [0.1, 0.15) is 0 Å². The smallest absolute Gasteiger partial charge is 0.287 e. The average molecular weight is 249 g/mol. The minimum absolute atomic E-state index is 0.353. The Bertz CT molecular complexity index is 482. The van der Waals surface area contributed by atoms with Crippen molar-refractivity contribution in [3.05, 3.63) is 70.1 Å². The first-order valence-electron chi connectivity index (χ1n) is 5.18. The Labute approximate surface area is 106 Å². The van der Waals surface area contributed by atoms with Gasteiger partial charge in [-0.3, -0.25) is 4.79 Å². The number of thiol groups is 1. The number of hydrogen-bond acceptors (Lipinski definition) is 3. The van der Waals surface area contributed by atoms with Crippen LogP contribution in [0.5, 0.6) is 0 Å². The molecule has 0 aliphatic rings. The third kappa shape index (κ3) is 4.00. The molecule has 1 heterocycles. The van der Waals surface area contributed by atoms with Gasteiger partial charge in [0.2, 0.25) is 0 Å². The van der Waals surface area contributed by atoms with Gasteiger partial charge in [-0.2, -0.15) is 17.4 Å². The maximum Gasteiger partial charge on any atom is 0.287 e. The summed E-state index contributed by atoms with van der Waals surface area (Å²) in [5, 5.41) is 8.93. The topological polar surface area (TPSA) is 42.2 Å². The number of aryl methyl sites for hydroxylation is 1. The Kier molecular flexibility index (Phi) is 5.36. The van der Waals surface area contributed by atoms with E-state index in [-0.39, 0.29) is 5.56 Å². The van der Waals surface area contributed by atoms with Gasteiger partial charge in [-0.15, -0.1) is 0 Å². The molecule has 0 aliphatic heterocycles. The highest BCUT2D eigenvalue weighted by Crippen LogP contribution is 2.03. The molecule has 0 saturated heterocycles. The number of hydrogen-bond donors (Lipinski definition) is 2. The van der Waals surface area contributed by atoms with Crippen LogP contribution in [-0.2, 0) is 5.75 Å². The van der Waals surface area contributed by atoms with Crippen LogP contribution in [0.3, 0.4) is 0 Å². The monoisotopic (exact) mass is 249 g/mol. The Morgan fingerprint density at radius 3 is 2.00 bits per heavy atom. The Morgan fingerprint density at radius 1 is 1.18 bits per heavy atom. The molecule has 0 bridgehead atoms. The third-order valence-corrected chi connectivity index (χ3v) is 2.55. The van der Waals surface area contributed by atoms with E-state index in [0.717, 1.165) is 5.56 Å². The maximum atomic E-state index is 11.1. The van der Waals surface area contributed by atoms with Gasteiger partial charge in [-0.25, -0.2) is 0 Å². The summed E-state index contributed by atoms with van der Waals surface area (Å²) < 4.78 is 0.568. The van der Waals surface area contributed by atoms with E-state index in [0.29, 0.717) is 16.0 Å². The van der Waals surface area contributed by atoms with Crippen molar-refractivity contribution in [2.75, 3.05) is 0 Å². The molecule has 0 aliphatic carbocycles. The van der Waals surface area contributed by atoms with Gasteiger partial charge in [-0.05, 0) is 18.6 Å². The molecule has 2 aromatic rings. The van der Waals surface area contributed by atoms with Gasteiger partial charge in [0.15, 0.2) is 0 Å². The van der Waals surface area contributed by atoms with Gasteiger partial charge in [-0.1, -0.05) is 36.4 Å². The maximum absolute atomic E-state index is 11.1. The van der Waals surface area contributed by atoms with Crippen LogP contribution < -0.4 is 5.56 Å². The fourth-order valence-corrected chi connectivity index (χ4v) is 1.62. The second-order valence-electron chi connectivity index (χ2n) is 3.44. The van der Waals surface area contributed by atoms with Crippen LogP contribution in [0.2, 0.25) is 0 Å². The van der Waals surface area contributed by atoms with Crippen LogP contribution in [0.1, 0.15) is 11.1 Å². The summed E-state index contributed by atoms with van der Waals surface area (Å²) in [6.45, 7) is 1.81. The Hall–Kier alpha value is -1.68. The highest BCUT2D eigenvalue weighted by molar-refractivity contribution is 7.79. The van der Waals surface area contributed by atoms with E-state index < -0.39 is 0 Å². The van der Waals surface area contributed by atoms with Crippen LogP contribution in [0.15, 0.2) is 53.5 Å². The van der Waals surface area contributed by atoms with Gasteiger partial charge in [0.25, 0.3) is 5.56 Å². The van der Waals surface area contributed by atoms with Crippen LogP contribution >= 0.6 is 12.6 Å². The zero-order chi connectivity index (χ0) is 12.7. The van der Waals surface area contributed by atoms with Gasteiger partial charge < -0.3 is 5.21 Å². The zero-order valence-corrected chi connectivity index (χ0v) is 10.5. The van der Waals surface area contributed by atoms with Crippen LogP contribution in [0.25, 0.3) is 0 Å². The van der Waals surface area contributed by atoms with Gasteiger partial charge in [0, 0.05) is 17.5 Å². The molecule has 3 nitrogen and oxygen atoms in total. The minimum atomic E-state index is -0.389. The number of aromatic nitrogens is 1. The molecule has 0 atom stereocenters. The molecule has 1 aromatic carbocycles. The van der Waals surface area contributed by atoms with E-state index in [2.05, 4.69) is 12.6 Å². The molecule has 1 N–H and O–H groups in total. The van der Waals surface area contributed by atoms with Crippen molar-refractivity contribution in [3.63, 3.8) is 0 Å². The number of rotatable bonds is 1. The molecule has 0 radical (unpaired) electrons. The normalized spacial score (nSPS) is 9.29. The van der Waals surface area contributed by atoms with Gasteiger partial charge >= 0.3 is 0 Å². The summed E-state index contributed by atoms with van der Waals surface area (Å²) in [7, 11) is 0. The first-order chi connectivity index (χ1) is 8.16. The zero-order valence-electron chi connectivity index (χ0n) is 9.58. The molecule has 0 fully saturated rings. The van der Waals surface area contributed by atoms with Crippen LogP contribution in [0.4, 0.5) is 0 Å². The standard InChI is InChI=1S/C7H9NO2S.C6H6/c1-5-2-3-8(10)7(9)6(5)4-11;1-2-4-6-5-3-1/h2-3,10-11H,4H2,1H3;1-6H. The highest BCUT2D eigenvalue weighted by atomic mass is 32.1. The highest BCUT2D eigenvalue weighted by Gasteiger charge is 2.03. The lowest BCUT2D eigenvalue weighted by Gasteiger charge is -2.01. The molecule has 0 saturated carbocycles. The van der Waals surface area contributed by atoms with Crippen molar-refractivity contribution in [3.8, 4) is 0 Å². The largest absolute Gasteiger partial charge is 0.425 e. The van der Waals surface area contributed by atoms with Crippen molar-refractivity contribution in [2.24, 2.45) is 0 Å². The molecule has 2 rings (SSSR count). The van der Waals surface area contributed by atoms with E-state index >= 15 is 0 Å². The predicted octanol–water partition coefficient (Wildman–Crippen LogP) is 2.51. The number of pyridine rings is 1. The number of nitrogens with zero attached hydrogens (tertiary/aromatic N) is 1. The Morgan fingerprint density at radius 2 is 1.65 bits per heavy atom. The molecule has 0 unspecified atom stereocenters. The molecule has 0 amide bonds. The van der Waals surface area contributed by atoms with Crippen molar-refractivity contribution in [1.29, 1.82) is 0 Å². The van der Waals surface area contributed by atoms with E-state index in [1.165, 1.54) is 6.20 Å². The minimum Gasteiger partial charge on any atom is -0.425 e. The second-order valence-corrected chi connectivity index (χ2v) is 3.76. The fourth-order valence-electron chi connectivity index (χ4n) is 1.23. The summed E-state index contributed by atoms with van der Waals surface area (Å²) in [5.41, 5.74) is 1.01. The molecular formula is C13H15NO2S. The third-order valence-electron chi connectivity index (χ3n) is 2.23. The SMILES string of the molecule is Cc1ccn(O)c(=O)c1CS.c1ccccc1. The predicted molar refractivity (Wildman–Crippen MR) is 71.8 cm³/mol. The van der Waals surface area contributed by atoms with Crippen molar-refractivity contribution in [2.45, 2.75) is 12.7 Å². The molecular weight excluding hydrogens is 234 g/mol. The quantitative estimate of drug-likeness (QED) is 0.602. The first-order valence-corrected chi connectivity index (χ1v) is 5.81. The van der Waals surface area contributed by atoms with Crippen LogP contribution in [0, 0.1) is 6.92 Å². The number of benzene rings is 1. The summed E-state index contributed by atoms with van der Waals surface area (Å²) >= 11 is 3.97. The van der Waals surface area contributed by atoms with E-state index in [4.69, 9.17) is 5.21 Å². The molecule has 4 heteroatoms.